The van der Waals surface area contributed by atoms with E-state index in [1.807, 2.05) is 24.3 Å². The third kappa shape index (κ3) is 3.72. The summed E-state index contributed by atoms with van der Waals surface area (Å²) in [6.07, 6.45) is 0. The number of fused-ring (bicyclic) bond motifs is 2. The third-order valence-electron chi connectivity index (χ3n) is 5.90. The maximum atomic E-state index is 13.7. The van der Waals surface area contributed by atoms with Gasteiger partial charge in [-0.25, -0.2) is 9.37 Å². The molecule has 8 heteroatoms. The second-order valence-corrected chi connectivity index (χ2v) is 8.85. The van der Waals surface area contributed by atoms with Crippen LogP contribution < -0.4 is 10.1 Å². The molecule has 0 spiro atoms. The first-order valence-electron chi connectivity index (χ1n) is 10.3. The molecule has 1 aliphatic rings. The van der Waals surface area contributed by atoms with E-state index in [2.05, 4.69) is 10.3 Å². The minimum atomic E-state index is -0.698. The average Bonchev–Trinajstić information content (AvgIpc) is 3.23. The van der Waals surface area contributed by atoms with Crippen molar-refractivity contribution in [3.8, 4) is 5.75 Å². The van der Waals surface area contributed by atoms with Crippen LogP contribution in [0.1, 0.15) is 33.4 Å². The fourth-order valence-corrected chi connectivity index (χ4v) is 5.20. The molecule has 0 radical (unpaired) electrons. The van der Waals surface area contributed by atoms with Crippen LogP contribution in [0.3, 0.4) is 0 Å². The van der Waals surface area contributed by atoms with Gasteiger partial charge in [0.2, 0.25) is 5.91 Å². The second-order valence-electron chi connectivity index (χ2n) is 7.82. The van der Waals surface area contributed by atoms with Crippen LogP contribution in [-0.4, -0.2) is 35.9 Å². The van der Waals surface area contributed by atoms with Gasteiger partial charge in [-0.1, -0.05) is 41.7 Å². The third-order valence-corrected chi connectivity index (χ3v) is 6.83. The number of carbonyl (C=O) groups excluding carboxylic acids is 2. The van der Waals surface area contributed by atoms with E-state index in [0.29, 0.717) is 27.6 Å². The molecule has 2 heterocycles. The number of carbonyl (C=O) groups is 2. The molecule has 166 valence electrons. The highest BCUT2D eigenvalue weighted by atomic mass is 32.1. The highest BCUT2D eigenvalue weighted by Crippen LogP contribution is 2.43. The van der Waals surface area contributed by atoms with Crippen LogP contribution in [0.15, 0.2) is 66.7 Å². The normalized spacial score (nSPS) is 17.7. The number of hydrogen-bond donors (Lipinski definition) is 1. The summed E-state index contributed by atoms with van der Waals surface area (Å²) in [6.45, 7) is 0. The van der Waals surface area contributed by atoms with Crippen LogP contribution in [0.2, 0.25) is 0 Å². The number of benzene rings is 3. The molecular formula is C25H20FN3O3S. The summed E-state index contributed by atoms with van der Waals surface area (Å²) in [5, 5.41) is 3.40. The summed E-state index contributed by atoms with van der Waals surface area (Å²) in [4.78, 5) is 32.8. The van der Waals surface area contributed by atoms with Crippen LogP contribution >= 0.6 is 11.3 Å². The van der Waals surface area contributed by atoms with Gasteiger partial charge in [-0.2, -0.15) is 0 Å². The molecule has 6 nitrogen and oxygen atoms in total. The van der Waals surface area contributed by atoms with E-state index in [0.717, 1.165) is 10.2 Å². The molecule has 0 bridgehead atoms. The van der Waals surface area contributed by atoms with Gasteiger partial charge in [-0.3, -0.25) is 9.59 Å². The van der Waals surface area contributed by atoms with E-state index in [1.54, 1.807) is 49.4 Å². The maximum Gasteiger partial charge on any atom is 0.254 e. The Kier molecular flexibility index (Phi) is 5.30. The monoisotopic (exact) mass is 461 g/mol. The summed E-state index contributed by atoms with van der Waals surface area (Å²) >= 11 is 1.35. The molecule has 1 aromatic heterocycles. The Morgan fingerprint density at radius 1 is 1.12 bits per heavy atom. The average molecular weight is 462 g/mol. The number of aromatic nitrogens is 1. The van der Waals surface area contributed by atoms with Crippen molar-refractivity contribution in [3.63, 3.8) is 0 Å². The Morgan fingerprint density at radius 2 is 1.88 bits per heavy atom. The Balaban J connectivity index is 1.56. The topological polar surface area (TPSA) is 71.5 Å². The van der Waals surface area contributed by atoms with Crippen molar-refractivity contribution in [1.82, 2.24) is 9.88 Å². The van der Waals surface area contributed by atoms with Crippen LogP contribution in [0.4, 0.5) is 9.52 Å². The highest BCUT2D eigenvalue weighted by molar-refractivity contribution is 7.22. The van der Waals surface area contributed by atoms with Gasteiger partial charge in [0, 0.05) is 12.6 Å². The lowest BCUT2D eigenvalue weighted by Crippen LogP contribution is -2.44. The molecule has 3 aromatic carbocycles. The van der Waals surface area contributed by atoms with Crippen molar-refractivity contribution in [1.29, 1.82) is 0 Å². The number of likely N-dealkylation sites (N-methyl/N-ethyl adjacent to an activating group) is 1. The van der Waals surface area contributed by atoms with Gasteiger partial charge in [0.15, 0.2) is 5.13 Å². The SMILES string of the molecule is COc1ccc2nc(NC(=O)C3c4ccccc4C(=O)N(C)C3c3ccc(F)cc3)sc2c1. The predicted molar refractivity (Wildman–Crippen MR) is 125 cm³/mol. The number of thiazole rings is 1. The minimum absolute atomic E-state index is 0.184. The zero-order chi connectivity index (χ0) is 23.1. The van der Waals surface area contributed by atoms with Gasteiger partial charge in [0.25, 0.3) is 5.91 Å². The van der Waals surface area contributed by atoms with E-state index in [4.69, 9.17) is 4.74 Å². The van der Waals surface area contributed by atoms with E-state index < -0.39 is 12.0 Å². The number of rotatable bonds is 4. The number of anilines is 1. The fraction of sp³-hybridized carbons (Fsp3) is 0.160. The smallest absolute Gasteiger partial charge is 0.254 e. The largest absolute Gasteiger partial charge is 0.497 e. The lowest BCUT2D eigenvalue weighted by molar-refractivity contribution is -0.119. The fourth-order valence-electron chi connectivity index (χ4n) is 4.30. The summed E-state index contributed by atoms with van der Waals surface area (Å²) in [7, 11) is 3.26. The molecule has 2 unspecified atom stereocenters. The van der Waals surface area contributed by atoms with Crippen molar-refractivity contribution in [2.75, 3.05) is 19.5 Å². The molecular weight excluding hydrogens is 441 g/mol. The first-order chi connectivity index (χ1) is 16.0. The number of halogens is 1. The van der Waals surface area contributed by atoms with Crippen molar-refractivity contribution < 1.29 is 18.7 Å². The van der Waals surface area contributed by atoms with Gasteiger partial charge in [0.05, 0.1) is 29.3 Å². The minimum Gasteiger partial charge on any atom is -0.497 e. The molecule has 1 aliphatic heterocycles. The zero-order valence-electron chi connectivity index (χ0n) is 17.9. The lowest BCUT2D eigenvalue weighted by Gasteiger charge is -2.39. The Hall–Kier alpha value is -3.78. The first-order valence-corrected chi connectivity index (χ1v) is 11.1. The van der Waals surface area contributed by atoms with Crippen molar-refractivity contribution in [2.45, 2.75) is 12.0 Å². The first kappa shape index (κ1) is 21.1. The summed E-state index contributed by atoms with van der Waals surface area (Å²) in [5.74, 6) is -0.842. The summed E-state index contributed by atoms with van der Waals surface area (Å²) in [6, 6.07) is 17.9. The maximum absolute atomic E-state index is 13.7. The molecule has 0 saturated carbocycles. The summed E-state index contributed by atoms with van der Waals surface area (Å²) < 4.78 is 19.7. The van der Waals surface area contributed by atoms with Crippen LogP contribution in [0, 0.1) is 5.82 Å². The molecule has 1 N–H and O–H groups in total. The quantitative estimate of drug-likeness (QED) is 0.465. The van der Waals surface area contributed by atoms with Crippen LogP contribution in [0.5, 0.6) is 5.75 Å². The Morgan fingerprint density at radius 3 is 2.64 bits per heavy atom. The van der Waals surface area contributed by atoms with Gasteiger partial charge in [-0.15, -0.1) is 0 Å². The number of hydrogen-bond acceptors (Lipinski definition) is 5. The number of methoxy groups -OCH3 is 1. The number of amides is 2. The van der Waals surface area contributed by atoms with Gasteiger partial charge < -0.3 is 15.0 Å². The standard InChI is InChI=1S/C25H20FN3O3S/c1-29-22(14-7-9-15(26)10-8-14)21(17-5-3-4-6-18(17)24(29)31)23(30)28-25-27-19-12-11-16(32-2)13-20(19)33-25/h3-13,21-22H,1-2H3,(H,27,28,30). The molecule has 0 saturated heterocycles. The molecule has 5 rings (SSSR count). The van der Waals surface area contributed by atoms with Crippen molar-refractivity contribution in [2.24, 2.45) is 0 Å². The summed E-state index contributed by atoms with van der Waals surface area (Å²) in [5.41, 5.74) is 2.54. The van der Waals surface area contributed by atoms with E-state index in [-0.39, 0.29) is 17.6 Å². The number of ether oxygens (including phenoxy) is 1. The molecule has 0 aliphatic carbocycles. The zero-order valence-corrected chi connectivity index (χ0v) is 18.7. The van der Waals surface area contributed by atoms with Gasteiger partial charge in [0.1, 0.15) is 11.6 Å². The Bertz CT molecular complexity index is 1370. The number of nitrogens with zero attached hydrogens (tertiary/aromatic N) is 2. The van der Waals surface area contributed by atoms with Crippen LogP contribution in [-0.2, 0) is 4.79 Å². The van der Waals surface area contributed by atoms with Gasteiger partial charge in [-0.05, 0) is 47.5 Å². The van der Waals surface area contributed by atoms with Crippen molar-refractivity contribution in [3.05, 3.63) is 89.2 Å². The second kappa shape index (κ2) is 8.29. The molecule has 0 fully saturated rings. The van der Waals surface area contributed by atoms with E-state index >= 15 is 0 Å². The molecule has 2 atom stereocenters. The lowest BCUT2D eigenvalue weighted by atomic mass is 9.79. The molecule has 2 amide bonds. The Labute approximate surface area is 193 Å². The van der Waals surface area contributed by atoms with E-state index in [1.165, 1.54) is 23.5 Å². The number of nitrogens with one attached hydrogen (secondary N) is 1. The highest BCUT2D eigenvalue weighted by Gasteiger charge is 2.42. The van der Waals surface area contributed by atoms with E-state index in [9.17, 15) is 14.0 Å². The predicted octanol–water partition coefficient (Wildman–Crippen LogP) is 4.99. The molecule has 33 heavy (non-hydrogen) atoms. The van der Waals surface area contributed by atoms with Crippen molar-refractivity contribution >= 4 is 38.5 Å². The molecule has 4 aromatic rings. The van der Waals surface area contributed by atoms with Gasteiger partial charge >= 0.3 is 0 Å². The van der Waals surface area contributed by atoms with Crippen LogP contribution in [0.25, 0.3) is 10.2 Å².